The first-order valence-electron chi connectivity index (χ1n) is 20.2. The summed E-state index contributed by atoms with van der Waals surface area (Å²) in [6.45, 7) is 0. The molecule has 0 N–H and O–H groups in total. The van der Waals surface area contributed by atoms with Crippen LogP contribution in [0.1, 0.15) is 24.0 Å². The molecule has 3 nitrogen and oxygen atoms in total. The normalized spacial score (nSPS) is 13.5. The predicted molar refractivity (Wildman–Crippen MR) is 241 cm³/mol. The van der Waals surface area contributed by atoms with Gasteiger partial charge in [-0.15, -0.1) is 0 Å². The molecule has 2 aliphatic carbocycles. The van der Waals surface area contributed by atoms with Gasteiger partial charge in [-0.3, -0.25) is 0 Å². The van der Waals surface area contributed by atoms with Crippen molar-refractivity contribution >= 4 is 66.8 Å². The van der Waals surface area contributed by atoms with E-state index < -0.39 is 0 Å². The smallest absolute Gasteiger partial charge is 0.159 e. The van der Waals surface area contributed by atoms with Crippen molar-refractivity contribution in [3.63, 3.8) is 0 Å². The van der Waals surface area contributed by atoms with Crippen LogP contribution in [-0.4, -0.2) is 0 Å². The van der Waals surface area contributed by atoms with Crippen molar-refractivity contribution in [3.05, 3.63) is 217 Å². The van der Waals surface area contributed by atoms with Crippen molar-refractivity contribution < 1.29 is 4.42 Å². The van der Waals surface area contributed by atoms with Crippen LogP contribution >= 0.6 is 0 Å². The molecule has 12 rings (SSSR count). The fourth-order valence-corrected chi connectivity index (χ4v) is 9.73. The molecule has 1 fully saturated rings. The molecule has 58 heavy (non-hydrogen) atoms. The lowest BCUT2D eigenvalue weighted by Crippen LogP contribution is -2.17. The van der Waals surface area contributed by atoms with E-state index in [9.17, 15) is 0 Å². The largest absolute Gasteiger partial charge is 0.453 e. The van der Waals surface area contributed by atoms with Gasteiger partial charge in [0.15, 0.2) is 5.58 Å². The van der Waals surface area contributed by atoms with Crippen LogP contribution in [0.5, 0.6) is 0 Å². The Morgan fingerprint density at radius 1 is 0.362 bits per heavy atom. The van der Waals surface area contributed by atoms with E-state index >= 15 is 0 Å². The quantitative estimate of drug-likeness (QED) is 0.162. The van der Waals surface area contributed by atoms with E-state index in [1.165, 1.54) is 44.3 Å². The van der Waals surface area contributed by atoms with Crippen molar-refractivity contribution in [2.24, 2.45) is 0 Å². The topological polar surface area (TPSA) is 19.6 Å². The summed E-state index contributed by atoms with van der Waals surface area (Å²) >= 11 is 0. The third-order valence-electron chi connectivity index (χ3n) is 12.5. The molecule has 9 aromatic carbocycles. The number of hydrogen-bond acceptors (Lipinski definition) is 3. The van der Waals surface area contributed by atoms with Gasteiger partial charge >= 0.3 is 0 Å². The van der Waals surface area contributed by atoms with Crippen LogP contribution in [0.3, 0.4) is 0 Å². The minimum absolute atomic E-state index is 0.0123. The zero-order valence-corrected chi connectivity index (χ0v) is 31.8. The van der Waals surface area contributed by atoms with E-state index in [2.05, 4.69) is 216 Å². The van der Waals surface area contributed by atoms with Gasteiger partial charge in [0, 0.05) is 49.9 Å². The average Bonchev–Trinajstić information content (AvgIpc) is 4.00. The molecule has 2 aliphatic rings. The van der Waals surface area contributed by atoms with Crippen LogP contribution in [0.4, 0.5) is 34.1 Å². The Kier molecular flexibility index (Phi) is 7.27. The van der Waals surface area contributed by atoms with E-state index in [1.807, 2.05) is 0 Å². The standard InChI is InChI=1S/C55H38N2O/c1-5-16-38(17-6-1)56(39-18-7-2-8-19-39)50-33-32-44-43-31-30-37(36-49(43)55(34-35-55)48-28-14-27-47(50)52(44)48)42-24-13-25-45-46-26-15-29-51(54(46)58-53(42)45)57(40-20-9-3-10-21-40)41-22-11-4-12-23-41/h1-33,36H,34-35H2. The molecule has 0 aliphatic heterocycles. The third kappa shape index (κ3) is 4.93. The van der Waals surface area contributed by atoms with Gasteiger partial charge in [0.25, 0.3) is 0 Å². The fourth-order valence-electron chi connectivity index (χ4n) is 9.73. The monoisotopic (exact) mass is 742 g/mol. The van der Waals surface area contributed by atoms with Crippen LogP contribution in [0, 0.1) is 0 Å². The van der Waals surface area contributed by atoms with Crippen molar-refractivity contribution in [1.29, 1.82) is 0 Å². The number of rotatable bonds is 7. The van der Waals surface area contributed by atoms with Crippen LogP contribution in [0.25, 0.3) is 55.0 Å². The molecule has 274 valence electrons. The predicted octanol–water partition coefficient (Wildman–Crippen LogP) is 15.4. The van der Waals surface area contributed by atoms with Gasteiger partial charge in [0.2, 0.25) is 0 Å². The Morgan fingerprint density at radius 2 is 0.879 bits per heavy atom. The van der Waals surface area contributed by atoms with Crippen LogP contribution in [0.2, 0.25) is 0 Å². The summed E-state index contributed by atoms with van der Waals surface area (Å²) in [5.41, 5.74) is 16.3. The zero-order chi connectivity index (χ0) is 38.2. The van der Waals surface area contributed by atoms with Gasteiger partial charge in [0.1, 0.15) is 5.58 Å². The molecule has 0 amide bonds. The lowest BCUT2D eigenvalue weighted by Gasteiger charge is -2.32. The molecular weight excluding hydrogens is 705 g/mol. The summed E-state index contributed by atoms with van der Waals surface area (Å²) in [5, 5.41) is 4.90. The Bertz CT molecular complexity index is 3090. The van der Waals surface area contributed by atoms with Gasteiger partial charge in [-0.05, 0) is 113 Å². The maximum atomic E-state index is 7.07. The molecule has 0 atom stereocenters. The minimum Gasteiger partial charge on any atom is -0.453 e. The first kappa shape index (κ1) is 32.8. The average molecular weight is 743 g/mol. The summed E-state index contributed by atoms with van der Waals surface area (Å²) in [4.78, 5) is 4.70. The third-order valence-corrected chi connectivity index (χ3v) is 12.5. The number of nitrogens with zero attached hydrogens (tertiary/aromatic N) is 2. The molecule has 1 spiro atoms. The fraction of sp³-hybridized carbons (Fsp3) is 0.0545. The molecule has 0 radical (unpaired) electrons. The van der Waals surface area contributed by atoms with Crippen molar-refractivity contribution in [1.82, 2.24) is 0 Å². The highest BCUT2D eigenvalue weighted by molar-refractivity contribution is 6.14. The molecule has 1 saturated carbocycles. The minimum atomic E-state index is -0.0123. The van der Waals surface area contributed by atoms with Crippen molar-refractivity contribution in [3.8, 4) is 22.3 Å². The van der Waals surface area contributed by atoms with E-state index in [0.29, 0.717) is 0 Å². The van der Waals surface area contributed by atoms with Crippen LogP contribution in [-0.2, 0) is 5.41 Å². The molecule has 3 heteroatoms. The van der Waals surface area contributed by atoms with Crippen LogP contribution in [0.15, 0.2) is 211 Å². The summed E-state index contributed by atoms with van der Waals surface area (Å²) in [7, 11) is 0. The molecule has 1 aromatic heterocycles. The van der Waals surface area contributed by atoms with E-state index in [-0.39, 0.29) is 5.41 Å². The Balaban J connectivity index is 1.02. The first-order valence-corrected chi connectivity index (χ1v) is 20.2. The number of hydrogen-bond donors (Lipinski definition) is 0. The maximum Gasteiger partial charge on any atom is 0.159 e. The van der Waals surface area contributed by atoms with Crippen molar-refractivity contribution in [2.45, 2.75) is 18.3 Å². The summed E-state index contributed by atoms with van der Waals surface area (Å²) < 4.78 is 7.07. The van der Waals surface area contributed by atoms with Gasteiger partial charge in [-0.1, -0.05) is 140 Å². The Labute approximate surface area is 337 Å². The van der Waals surface area contributed by atoms with Crippen molar-refractivity contribution in [2.75, 3.05) is 9.80 Å². The second-order valence-corrected chi connectivity index (χ2v) is 15.7. The number of benzene rings is 9. The lowest BCUT2D eigenvalue weighted by atomic mass is 9.73. The van der Waals surface area contributed by atoms with E-state index in [1.54, 1.807) is 0 Å². The highest BCUT2D eigenvalue weighted by atomic mass is 16.3. The highest BCUT2D eigenvalue weighted by Gasteiger charge is 2.50. The Hall–Kier alpha value is -7.36. The zero-order valence-electron chi connectivity index (χ0n) is 31.8. The second-order valence-electron chi connectivity index (χ2n) is 15.7. The Morgan fingerprint density at radius 3 is 1.48 bits per heavy atom. The van der Waals surface area contributed by atoms with Crippen LogP contribution < -0.4 is 9.80 Å². The van der Waals surface area contributed by atoms with E-state index in [4.69, 9.17) is 4.42 Å². The van der Waals surface area contributed by atoms with Gasteiger partial charge in [0.05, 0.1) is 11.4 Å². The van der Waals surface area contributed by atoms with Gasteiger partial charge in [-0.25, -0.2) is 0 Å². The maximum absolute atomic E-state index is 7.07. The summed E-state index contributed by atoms with van der Waals surface area (Å²) in [6, 6.07) is 74.5. The first-order chi connectivity index (χ1) is 28.8. The molecule has 0 unspecified atom stereocenters. The second kappa shape index (κ2) is 12.8. The summed E-state index contributed by atoms with van der Waals surface area (Å²) in [6.07, 6.45) is 2.28. The lowest BCUT2D eigenvalue weighted by molar-refractivity contribution is 0.670. The molecule has 1 heterocycles. The highest BCUT2D eigenvalue weighted by Crippen LogP contribution is 2.62. The SMILES string of the molecule is c1ccc(N(c2ccccc2)c2ccc3c4c(cccc24)C2(CC2)c2cc(-c4cccc5c4oc4c(N(c6ccccc6)c6ccccc6)cccc45)ccc2-3)cc1. The number of anilines is 6. The number of fused-ring (bicyclic) bond motifs is 7. The van der Waals surface area contributed by atoms with Gasteiger partial charge in [-0.2, -0.15) is 0 Å². The van der Waals surface area contributed by atoms with E-state index in [0.717, 1.165) is 68.8 Å². The number of para-hydroxylation sites is 6. The van der Waals surface area contributed by atoms with Gasteiger partial charge < -0.3 is 14.2 Å². The number of furan rings is 1. The summed E-state index contributed by atoms with van der Waals surface area (Å²) in [5.74, 6) is 0. The molecular formula is C55H38N2O. The molecule has 0 bridgehead atoms. The molecule has 10 aromatic rings. The molecule has 0 saturated heterocycles.